The van der Waals surface area contributed by atoms with E-state index in [0.29, 0.717) is 19.5 Å². The SMILES string of the molecule is O=C(O)CCCN(Cc1cccc(O)c1)c1ccccc1. The van der Waals surface area contributed by atoms with Crippen LogP contribution in [0.1, 0.15) is 18.4 Å². The van der Waals surface area contributed by atoms with Gasteiger partial charge in [-0.1, -0.05) is 30.3 Å². The van der Waals surface area contributed by atoms with Crippen LogP contribution in [0.2, 0.25) is 0 Å². The van der Waals surface area contributed by atoms with E-state index in [1.54, 1.807) is 12.1 Å². The van der Waals surface area contributed by atoms with Crippen molar-refractivity contribution in [3.8, 4) is 5.75 Å². The van der Waals surface area contributed by atoms with Crippen molar-refractivity contribution in [1.82, 2.24) is 0 Å². The number of rotatable bonds is 7. The van der Waals surface area contributed by atoms with Crippen LogP contribution in [0.15, 0.2) is 54.6 Å². The van der Waals surface area contributed by atoms with Crippen LogP contribution in [0.5, 0.6) is 5.75 Å². The molecule has 0 amide bonds. The van der Waals surface area contributed by atoms with E-state index in [9.17, 15) is 9.90 Å². The zero-order valence-corrected chi connectivity index (χ0v) is 11.8. The summed E-state index contributed by atoms with van der Waals surface area (Å²) in [5.41, 5.74) is 2.04. The molecule has 0 saturated heterocycles. The van der Waals surface area contributed by atoms with Gasteiger partial charge < -0.3 is 15.1 Å². The van der Waals surface area contributed by atoms with Crippen LogP contribution in [0.4, 0.5) is 5.69 Å². The fourth-order valence-electron chi connectivity index (χ4n) is 2.23. The number of aliphatic carboxylic acids is 1. The molecule has 2 rings (SSSR count). The average Bonchev–Trinajstić information content (AvgIpc) is 2.47. The lowest BCUT2D eigenvalue weighted by molar-refractivity contribution is -0.137. The van der Waals surface area contributed by atoms with Crippen LogP contribution in [0, 0.1) is 0 Å². The normalized spacial score (nSPS) is 10.3. The summed E-state index contributed by atoms with van der Waals surface area (Å²) in [6, 6.07) is 17.0. The van der Waals surface area contributed by atoms with Gasteiger partial charge in [-0.2, -0.15) is 0 Å². The number of phenolic OH excluding ortho intramolecular Hbond substituents is 1. The van der Waals surface area contributed by atoms with Gasteiger partial charge >= 0.3 is 5.97 Å². The highest BCUT2D eigenvalue weighted by Crippen LogP contribution is 2.19. The Hall–Kier alpha value is -2.49. The van der Waals surface area contributed by atoms with Crippen LogP contribution >= 0.6 is 0 Å². The van der Waals surface area contributed by atoms with Crippen molar-refractivity contribution in [2.24, 2.45) is 0 Å². The second-order valence-electron chi connectivity index (χ2n) is 4.92. The van der Waals surface area contributed by atoms with E-state index >= 15 is 0 Å². The third-order valence-corrected chi connectivity index (χ3v) is 3.22. The molecule has 0 aromatic heterocycles. The molecule has 0 spiro atoms. The van der Waals surface area contributed by atoms with E-state index in [0.717, 1.165) is 11.3 Å². The first-order valence-corrected chi connectivity index (χ1v) is 6.95. The molecule has 2 N–H and O–H groups in total. The lowest BCUT2D eigenvalue weighted by atomic mass is 10.1. The van der Waals surface area contributed by atoms with E-state index in [1.807, 2.05) is 42.5 Å². The number of para-hydroxylation sites is 1. The van der Waals surface area contributed by atoms with Crippen molar-refractivity contribution >= 4 is 11.7 Å². The van der Waals surface area contributed by atoms with Crippen molar-refractivity contribution in [3.05, 3.63) is 60.2 Å². The monoisotopic (exact) mass is 285 g/mol. The van der Waals surface area contributed by atoms with Crippen molar-refractivity contribution in [2.45, 2.75) is 19.4 Å². The Kier molecular flexibility index (Phi) is 5.21. The molecular weight excluding hydrogens is 266 g/mol. The summed E-state index contributed by atoms with van der Waals surface area (Å²) in [7, 11) is 0. The van der Waals surface area contributed by atoms with E-state index < -0.39 is 5.97 Å². The van der Waals surface area contributed by atoms with Crippen LogP contribution in [0.25, 0.3) is 0 Å². The first-order chi connectivity index (χ1) is 10.1. The summed E-state index contributed by atoms with van der Waals surface area (Å²) in [4.78, 5) is 12.8. The number of hydrogen-bond donors (Lipinski definition) is 2. The van der Waals surface area contributed by atoms with Gasteiger partial charge in [-0.15, -0.1) is 0 Å². The van der Waals surface area contributed by atoms with Crippen LogP contribution < -0.4 is 4.90 Å². The molecule has 0 fully saturated rings. The average molecular weight is 285 g/mol. The molecule has 0 aliphatic carbocycles. The highest BCUT2D eigenvalue weighted by molar-refractivity contribution is 5.66. The van der Waals surface area contributed by atoms with Crippen molar-refractivity contribution in [1.29, 1.82) is 0 Å². The topological polar surface area (TPSA) is 60.8 Å². The number of nitrogens with zero attached hydrogens (tertiary/aromatic N) is 1. The number of benzene rings is 2. The Balaban J connectivity index is 2.10. The molecule has 4 nitrogen and oxygen atoms in total. The Morgan fingerprint density at radius 1 is 1.05 bits per heavy atom. The Morgan fingerprint density at radius 3 is 2.48 bits per heavy atom. The molecular formula is C17H19NO3. The fourth-order valence-corrected chi connectivity index (χ4v) is 2.23. The van der Waals surface area contributed by atoms with Gasteiger partial charge in [0.1, 0.15) is 5.75 Å². The minimum absolute atomic E-state index is 0.156. The van der Waals surface area contributed by atoms with Crippen molar-refractivity contribution < 1.29 is 15.0 Å². The molecule has 21 heavy (non-hydrogen) atoms. The molecule has 4 heteroatoms. The maximum Gasteiger partial charge on any atom is 0.303 e. The predicted octanol–water partition coefficient (Wildman–Crippen LogP) is 3.26. The summed E-state index contributed by atoms with van der Waals surface area (Å²) < 4.78 is 0. The van der Waals surface area contributed by atoms with Gasteiger partial charge in [0.2, 0.25) is 0 Å². The number of carboxylic acids is 1. The first kappa shape index (κ1) is 14.9. The summed E-state index contributed by atoms with van der Waals surface area (Å²) >= 11 is 0. The maximum atomic E-state index is 10.7. The summed E-state index contributed by atoms with van der Waals surface area (Å²) in [5, 5.41) is 18.3. The number of carboxylic acid groups (broad SMARTS) is 1. The van der Waals surface area contributed by atoms with E-state index in [4.69, 9.17) is 5.11 Å². The van der Waals surface area contributed by atoms with Gasteiger partial charge in [0.05, 0.1) is 0 Å². The lowest BCUT2D eigenvalue weighted by Gasteiger charge is -2.25. The van der Waals surface area contributed by atoms with Gasteiger partial charge in [0.15, 0.2) is 0 Å². The fraction of sp³-hybridized carbons (Fsp3) is 0.235. The highest BCUT2D eigenvalue weighted by atomic mass is 16.4. The predicted molar refractivity (Wildman–Crippen MR) is 82.5 cm³/mol. The first-order valence-electron chi connectivity index (χ1n) is 6.95. The Bertz CT molecular complexity index is 584. The van der Waals surface area contributed by atoms with Crippen LogP contribution in [0.3, 0.4) is 0 Å². The van der Waals surface area contributed by atoms with Crippen LogP contribution in [-0.4, -0.2) is 22.7 Å². The highest BCUT2D eigenvalue weighted by Gasteiger charge is 2.08. The summed E-state index contributed by atoms with van der Waals surface area (Å²) in [6.07, 6.45) is 0.742. The summed E-state index contributed by atoms with van der Waals surface area (Å²) in [6.45, 7) is 1.30. The molecule has 0 radical (unpaired) electrons. The quantitative estimate of drug-likeness (QED) is 0.819. The number of hydrogen-bond acceptors (Lipinski definition) is 3. The van der Waals surface area contributed by atoms with Gasteiger partial charge in [0, 0.05) is 25.2 Å². The maximum absolute atomic E-state index is 10.7. The number of aromatic hydroxyl groups is 1. The third-order valence-electron chi connectivity index (χ3n) is 3.22. The molecule has 2 aromatic rings. The Morgan fingerprint density at radius 2 is 1.81 bits per heavy atom. The van der Waals surface area contributed by atoms with Gasteiger partial charge in [-0.25, -0.2) is 0 Å². The molecule has 0 unspecified atom stereocenters. The van der Waals surface area contributed by atoms with Crippen LogP contribution in [-0.2, 0) is 11.3 Å². The zero-order chi connectivity index (χ0) is 15.1. The molecule has 110 valence electrons. The molecule has 0 atom stereocenters. The zero-order valence-electron chi connectivity index (χ0n) is 11.8. The standard InChI is InChI=1S/C17H19NO3/c19-16-9-4-6-14(12-16)13-18(11-5-10-17(20)21)15-7-2-1-3-8-15/h1-4,6-9,12,19H,5,10-11,13H2,(H,20,21). The van der Waals surface area contributed by atoms with E-state index in [2.05, 4.69) is 4.90 Å². The number of carbonyl (C=O) groups is 1. The molecule has 0 aliphatic rings. The van der Waals surface area contributed by atoms with E-state index in [1.165, 1.54) is 0 Å². The largest absolute Gasteiger partial charge is 0.508 e. The second-order valence-corrected chi connectivity index (χ2v) is 4.92. The van der Waals surface area contributed by atoms with Gasteiger partial charge in [0.25, 0.3) is 0 Å². The van der Waals surface area contributed by atoms with Gasteiger partial charge in [-0.05, 0) is 36.2 Å². The summed E-state index contributed by atoms with van der Waals surface area (Å²) in [5.74, 6) is -0.536. The number of phenols is 1. The minimum Gasteiger partial charge on any atom is -0.508 e. The molecule has 0 aliphatic heterocycles. The molecule has 0 heterocycles. The number of anilines is 1. The van der Waals surface area contributed by atoms with Crippen molar-refractivity contribution in [3.63, 3.8) is 0 Å². The molecule has 0 bridgehead atoms. The second kappa shape index (κ2) is 7.33. The Labute approximate surface area is 124 Å². The molecule has 2 aromatic carbocycles. The van der Waals surface area contributed by atoms with E-state index in [-0.39, 0.29) is 12.2 Å². The van der Waals surface area contributed by atoms with Crippen molar-refractivity contribution in [2.75, 3.05) is 11.4 Å². The molecule has 0 saturated carbocycles. The minimum atomic E-state index is -0.777. The lowest BCUT2D eigenvalue weighted by Crippen LogP contribution is -2.24. The van der Waals surface area contributed by atoms with Gasteiger partial charge in [-0.3, -0.25) is 4.79 Å². The smallest absolute Gasteiger partial charge is 0.303 e. The third kappa shape index (κ3) is 4.84.